The number of aromatic nitrogens is 2. The van der Waals surface area contributed by atoms with Gasteiger partial charge in [0.1, 0.15) is 5.75 Å². The fourth-order valence-corrected chi connectivity index (χ4v) is 2.86. The van der Waals surface area contributed by atoms with Crippen LogP contribution in [0.1, 0.15) is 5.69 Å². The molecule has 0 aliphatic rings. The number of nitrogens with one attached hydrogen (secondary N) is 1. The molecule has 1 aromatic heterocycles. The maximum Gasteiger partial charge on any atom is 0.122 e. The van der Waals surface area contributed by atoms with Gasteiger partial charge in [-0.1, -0.05) is 34.1 Å². The number of fused-ring (bicyclic) bond motifs is 1. The van der Waals surface area contributed by atoms with Gasteiger partial charge < -0.3 is 10.1 Å². The van der Waals surface area contributed by atoms with E-state index in [2.05, 4.69) is 38.5 Å². The van der Waals surface area contributed by atoms with Crippen LogP contribution in [0.15, 0.2) is 46.9 Å². The lowest BCUT2D eigenvalue weighted by molar-refractivity contribution is 0.414. The number of rotatable bonds is 4. The van der Waals surface area contributed by atoms with Crippen molar-refractivity contribution in [2.24, 2.45) is 7.05 Å². The molecule has 5 heteroatoms. The standard InChI is InChI=1S/C16H16BrN3O/c1-20-16-6-4-3-5-14(16)15(19-20)10-18-12-7-11(17)8-13(9-12)21-2/h3-9,18H,10H2,1-2H3. The number of hydrogen-bond donors (Lipinski definition) is 1. The Morgan fingerprint density at radius 1 is 1.24 bits per heavy atom. The third kappa shape index (κ3) is 2.88. The van der Waals surface area contributed by atoms with E-state index in [0.29, 0.717) is 6.54 Å². The van der Waals surface area contributed by atoms with E-state index in [1.165, 1.54) is 5.39 Å². The van der Waals surface area contributed by atoms with Gasteiger partial charge in [0.05, 0.1) is 24.9 Å². The molecular formula is C16H16BrN3O. The summed E-state index contributed by atoms with van der Waals surface area (Å²) < 4.78 is 8.16. The molecule has 0 aliphatic heterocycles. The van der Waals surface area contributed by atoms with Crippen molar-refractivity contribution in [2.45, 2.75) is 6.54 Å². The minimum Gasteiger partial charge on any atom is -0.497 e. The normalized spacial score (nSPS) is 10.8. The van der Waals surface area contributed by atoms with Gasteiger partial charge in [-0.2, -0.15) is 5.10 Å². The van der Waals surface area contributed by atoms with Crippen LogP contribution in [-0.4, -0.2) is 16.9 Å². The fourth-order valence-electron chi connectivity index (χ4n) is 2.39. The van der Waals surface area contributed by atoms with Crippen molar-refractivity contribution in [1.82, 2.24) is 9.78 Å². The predicted molar refractivity (Wildman–Crippen MR) is 88.7 cm³/mol. The van der Waals surface area contributed by atoms with E-state index in [-0.39, 0.29) is 0 Å². The second-order valence-electron chi connectivity index (χ2n) is 4.82. The highest BCUT2D eigenvalue weighted by Gasteiger charge is 2.08. The number of ether oxygens (including phenoxy) is 1. The number of aryl methyl sites for hydroxylation is 1. The van der Waals surface area contributed by atoms with Crippen LogP contribution in [0.4, 0.5) is 5.69 Å². The molecule has 21 heavy (non-hydrogen) atoms. The zero-order valence-electron chi connectivity index (χ0n) is 11.9. The summed E-state index contributed by atoms with van der Waals surface area (Å²) in [5, 5.41) is 9.15. The van der Waals surface area contributed by atoms with Crippen LogP contribution >= 0.6 is 15.9 Å². The van der Waals surface area contributed by atoms with E-state index in [1.54, 1.807) is 7.11 Å². The molecule has 1 heterocycles. The van der Waals surface area contributed by atoms with Gasteiger partial charge in [-0.25, -0.2) is 0 Å². The first-order valence-electron chi connectivity index (χ1n) is 6.66. The number of nitrogens with zero attached hydrogens (tertiary/aromatic N) is 2. The van der Waals surface area contributed by atoms with Gasteiger partial charge in [0.15, 0.2) is 0 Å². The van der Waals surface area contributed by atoms with E-state index in [4.69, 9.17) is 4.74 Å². The third-order valence-corrected chi connectivity index (χ3v) is 3.86. The maximum absolute atomic E-state index is 5.27. The van der Waals surface area contributed by atoms with E-state index in [9.17, 15) is 0 Å². The molecule has 0 atom stereocenters. The second-order valence-corrected chi connectivity index (χ2v) is 5.74. The molecule has 0 saturated carbocycles. The Morgan fingerprint density at radius 2 is 2.05 bits per heavy atom. The SMILES string of the molecule is COc1cc(Br)cc(NCc2nn(C)c3ccccc23)c1. The van der Waals surface area contributed by atoms with Crippen molar-refractivity contribution in [2.75, 3.05) is 12.4 Å². The van der Waals surface area contributed by atoms with Crippen LogP contribution in [0.2, 0.25) is 0 Å². The smallest absolute Gasteiger partial charge is 0.122 e. The van der Waals surface area contributed by atoms with Crippen LogP contribution in [0, 0.1) is 0 Å². The molecule has 0 aliphatic carbocycles. The Morgan fingerprint density at radius 3 is 2.86 bits per heavy atom. The number of para-hydroxylation sites is 1. The molecule has 0 radical (unpaired) electrons. The number of halogens is 1. The third-order valence-electron chi connectivity index (χ3n) is 3.40. The summed E-state index contributed by atoms with van der Waals surface area (Å²) >= 11 is 3.48. The predicted octanol–water partition coefficient (Wildman–Crippen LogP) is 3.96. The monoisotopic (exact) mass is 345 g/mol. The molecule has 3 aromatic rings. The molecule has 0 bridgehead atoms. The van der Waals surface area contributed by atoms with Crippen molar-refractivity contribution in [3.63, 3.8) is 0 Å². The lowest BCUT2D eigenvalue weighted by Gasteiger charge is -2.08. The summed E-state index contributed by atoms with van der Waals surface area (Å²) in [5.41, 5.74) is 3.17. The first-order valence-corrected chi connectivity index (χ1v) is 7.46. The van der Waals surface area contributed by atoms with E-state index in [0.717, 1.165) is 27.1 Å². The summed E-state index contributed by atoms with van der Waals surface area (Å²) in [4.78, 5) is 0. The molecule has 0 spiro atoms. The van der Waals surface area contributed by atoms with Crippen LogP contribution in [0.3, 0.4) is 0 Å². The largest absolute Gasteiger partial charge is 0.497 e. The molecule has 3 rings (SSSR count). The zero-order valence-corrected chi connectivity index (χ0v) is 13.5. The first kappa shape index (κ1) is 13.9. The minimum atomic E-state index is 0.668. The average molecular weight is 346 g/mol. The minimum absolute atomic E-state index is 0.668. The van der Waals surface area contributed by atoms with Gasteiger partial charge in [0.2, 0.25) is 0 Å². The number of methoxy groups -OCH3 is 1. The van der Waals surface area contributed by atoms with Gasteiger partial charge in [-0.05, 0) is 18.2 Å². The fraction of sp³-hybridized carbons (Fsp3) is 0.188. The van der Waals surface area contributed by atoms with E-state index < -0.39 is 0 Å². The summed E-state index contributed by atoms with van der Waals surface area (Å²) in [5.74, 6) is 0.817. The first-order chi connectivity index (χ1) is 10.2. The van der Waals surface area contributed by atoms with Crippen molar-refractivity contribution in [3.05, 3.63) is 52.6 Å². The Kier molecular flexibility index (Phi) is 3.84. The Hall–Kier alpha value is -2.01. The summed E-state index contributed by atoms with van der Waals surface area (Å²) in [6, 6.07) is 14.2. The molecule has 0 unspecified atom stereocenters. The van der Waals surface area contributed by atoms with Crippen LogP contribution < -0.4 is 10.1 Å². The van der Waals surface area contributed by atoms with Crippen molar-refractivity contribution >= 4 is 32.5 Å². The maximum atomic E-state index is 5.27. The average Bonchev–Trinajstić information content (AvgIpc) is 2.82. The van der Waals surface area contributed by atoms with Gasteiger partial charge in [-0.15, -0.1) is 0 Å². The number of benzene rings is 2. The molecule has 108 valence electrons. The quantitative estimate of drug-likeness (QED) is 0.777. The Balaban J connectivity index is 1.85. The Labute approximate surface area is 131 Å². The number of hydrogen-bond acceptors (Lipinski definition) is 3. The number of anilines is 1. The topological polar surface area (TPSA) is 39.1 Å². The van der Waals surface area contributed by atoms with Gasteiger partial charge in [0, 0.05) is 28.7 Å². The van der Waals surface area contributed by atoms with E-state index >= 15 is 0 Å². The molecule has 4 nitrogen and oxygen atoms in total. The van der Waals surface area contributed by atoms with Gasteiger partial charge >= 0.3 is 0 Å². The van der Waals surface area contributed by atoms with E-state index in [1.807, 2.05) is 42.1 Å². The van der Waals surface area contributed by atoms with Crippen molar-refractivity contribution < 1.29 is 4.74 Å². The molecule has 0 amide bonds. The highest BCUT2D eigenvalue weighted by atomic mass is 79.9. The highest BCUT2D eigenvalue weighted by Crippen LogP contribution is 2.25. The highest BCUT2D eigenvalue weighted by molar-refractivity contribution is 9.10. The lowest BCUT2D eigenvalue weighted by atomic mass is 10.2. The van der Waals surface area contributed by atoms with Crippen molar-refractivity contribution in [1.29, 1.82) is 0 Å². The van der Waals surface area contributed by atoms with Gasteiger partial charge in [-0.3, -0.25) is 4.68 Å². The van der Waals surface area contributed by atoms with Crippen LogP contribution in [0.5, 0.6) is 5.75 Å². The molecule has 0 saturated heterocycles. The summed E-state index contributed by atoms with van der Waals surface area (Å²) in [7, 11) is 3.63. The molecular weight excluding hydrogens is 330 g/mol. The van der Waals surface area contributed by atoms with Crippen LogP contribution in [-0.2, 0) is 13.6 Å². The lowest BCUT2D eigenvalue weighted by Crippen LogP contribution is -2.01. The second kappa shape index (κ2) is 5.77. The zero-order chi connectivity index (χ0) is 14.8. The van der Waals surface area contributed by atoms with Crippen LogP contribution in [0.25, 0.3) is 10.9 Å². The van der Waals surface area contributed by atoms with Crippen molar-refractivity contribution in [3.8, 4) is 5.75 Å². The molecule has 2 aromatic carbocycles. The Bertz CT molecular complexity index is 782. The molecule has 0 fully saturated rings. The molecule has 1 N–H and O–H groups in total. The summed E-state index contributed by atoms with van der Waals surface area (Å²) in [6.07, 6.45) is 0. The van der Waals surface area contributed by atoms with Gasteiger partial charge in [0.25, 0.3) is 0 Å². The summed E-state index contributed by atoms with van der Waals surface area (Å²) in [6.45, 7) is 0.668.